The monoisotopic (exact) mass is 609 g/mol. The molecule has 1 aliphatic heterocycles. The van der Waals surface area contributed by atoms with Gasteiger partial charge in [-0.25, -0.2) is 0 Å². The van der Waals surface area contributed by atoms with E-state index in [0.29, 0.717) is 53.0 Å². The van der Waals surface area contributed by atoms with E-state index in [1.165, 1.54) is 18.9 Å². The number of thioether (sulfide) groups is 1. The van der Waals surface area contributed by atoms with Gasteiger partial charge in [0.2, 0.25) is 5.91 Å². The third-order valence-corrected chi connectivity index (χ3v) is 7.68. The van der Waals surface area contributed by atoms with Crippen LogP contribution in [0.3, 0.4) is 0 Å². The van der Waals surface area contributed by atoms with Gasteiger partial charge in [-0.1, -0.05) is 36.4 Å². The predicted octanol–water partition coefficient (Wildman–Crippen LogP) is 6.00. The van der Waals surface area contributed by atoms with Crippen molar-refractivity contribution >= 4 is 46.9 Å². The molecule has 0 aliphatic carbocycles. The van der Waals surface area contributed by atoms with Gasteiger partial charge < -0.3 is 30.2 Å². The van der Waals surface area contributed by atoms with Crippen LogP contribution < -0.4 is 30.2 Å². The molecule has 224 valence electrons. The molecule has 4 aromatic rings. The maximum atomic E-state index is 13.4. The van der Waals surface area contributed by atoms with E-state index in [2.05, 4.69) is 16.0 Å². The highest BCUT2D eigenvalue weighted by Gasteiger charge is 2.19. The highest BCUT2D eigenvalue weighted by Crippen LogP contribution is 2.33. The van der Waals surface area contributed by atoms with Crippen molar-refractivity contribution in [2.24, 2.45) is 0 Å². The summed E-state index contributed by atoms with van der Waals surface area (Å²) in [5, 5.41) is 8.09. The number of carbonyl (C=O) groups excluding carboxylic acids is 3. The summed E-state index contributed by atoms with van der Waals surface area (Å²) in [5.74, 6) is 0.729. The quantitative estimate of drug-likeness (QED) is 0.149. The van der Waals surface area contributed by atoms with Crippen LogP contribution in [0.2, 0.25) is 0 Å². The Hall–Kier alpha value is -5.22. The molecule has 3 amide bonds. The molecular weight excluding hydrogens is 578 g/mol. The molecule has 1 heterocycles. The van der Waals surface area contributed by atoms with Crippen LogP contribution in [-0.4, -0.2) is 43.3 Å². The van der Waals surface area contributed by atoms with Gasteiger partial charge in [0.05, 0.1) is 12.4 Å². The van der Waals surface area contributed by atoms with Gasteiger partial charge in [0, 0.05) is 33.5 Å². The molecule has 10 heteroatoms. The van der Waals surface area contributed by atoms with Gasteiger partial charge in [-0.2, -0.15) is 0 Å². The predicted molar refractivity (Wildman–Crippen MR) is 171 cm³/mol. The topological polar surface area (TPSA) is 115 Å². The minimum Gasteiger partial charge on any atom is -0.496 e. The van der Waals surface area contributed by atoms with E-state index < -0.39 is 17.1 Å². The van der Waals surface area contributed by atoms with Crippen LogP contribution in [0.25, 0.3) is 6.08 Å². The van der Waals surface area contributed by atoms with Crippen molar-refractivity contribution in [1.29, 1.82) is 0 Å². The number of hydrogen-bond donors (Lipinski definition) is 3. The second kappa shape index (κ2) is 14.3. The SMILES string of the molecule is COc1ccccc1/C=C(\NC(=O)c1ccccc1)C(=O)Nc1ccc(SC(C)C(=O)Nc2ccc3c(c2)OCCO3)cc1. The number of hydrogen-bond acceptors (Lipinski definition) is 7. The Morgan fingerprint density at radius 2 is 1.50 bits per heavy atom. The summed E-state index contributed by atoms with van der Waals surface area (Å²) < 4.78 is 16.5. The summed E-state index contributed by atoms with van der Waals surface area (Å²) in [6.45, 7) is 2.79. The van der Waals surface area contributed by atoms with E-state index in [9.17, 15) is 14.4 Å². The molecule has 4 aromatic carbocycles. The minimum atomic E-state index is -0.507. The van der Waals surface area contributed by atoms with Crippen molar-refractivity contribution in [3.05, 3.63) is 114 Å². The molecule has 44 heavy (non-hydrogen) atoms. The van der Waals surface area contributed by atoms with Crippen LogP contribution in [-0.2, 0) is 9.59 Å². The summed E-state index contributed by atoms with van der Waals surface area (Å²) in [4.78, 5) is 40.0. The molecule has 0 fully saturated rings. The zero-order valence-electron chi connectivity index (χ0n) is 24.2. The van der Waals surface area contributed by atoms with Crippen LogP contribution >= 0.6 is 11.8 Å². The first kappa shape index (κ1) is 30.2. The smallest absolute Gasteiger partial charge is 0.272 e. The number of nitrogens with one attached hydrogen (secondary N) is 3. The van der Waals surface area contributed by atoms with Gasteiger partial charge >= 0.3 is 0 Å². The number of carbonyl (C=O) groups is 3. The van der Waals surface area contributed by atoms with E-state index in [4.69, 9.17) is 14.2 Å². The molecule has 0 radical (unpaired) electrons. The first-order valence-electron chi connectivity index (χ1n) is 13.9. The number of rotatable bonds is 10. The van der Waals surface area contributed by atoms with Gasteiger partial charge in [-0.3, -0.25) is 14.4 Å². The number of fused-ring (bicyclic) bond motifs is 1. The lowest BCUT2D eigenvalue weighted by molar-refractivity contribution is -0.115. The molecule has 1 unspecified atom stereocenters. The van der Waals surface area contributed by atoms with Crippen LogP contribution in [0.5, 0.6) is 17.2 Å². The van der Waals surface area contributed by atoms with Gasteiger partial charge in [0.25, 0.3) is 11.8 Å². The van der Waals surface area contributed by atoms with E-state index in [1.807, 2.05) is 37.3 Å². The van der Waals surface area contributed by atoms with Crippen LogP contribution in [0, 0.1) is 0 Å². The Labute approximate surface area is 259 Å². The Kier molecular flexibility index (Phi) is 9.83. The van der Waals surface area contributed by atoms with E-state index >= 15 is 0 Å². The zero-order chi connectivity index (χ0) is 30.9. The van der Waals surface area contributed by atoms with Crippen molar-refractivity contribution in [3.8, 4) is 17.2 Å². The second-order valence-electron chi connectivity index (χ2n) is 9.71. The molecule has 5 rings (SSSR count). The maximum Gasteiger partial charge on any atom is 0.272 e. The Morgan fingerprint density at radius 1 is 0.818 bits per heavy atom. The van der Waals surface area contributed by atoms with Crippen LogP contribution in [0.4, 0.5) is 11.4 Å². The Balaban J connectivity index is 1.24. The molecule has 3 N–H and O–H groups in total. The maximum absolute atomic E-state index is 13.4. The van der Waals surface area contributed by atoms with E-state index in [1.54, 1.807) is 72.8 Å². The average molecular weight is 610 g/mol. The summed E-state index contributed by atoms with van der Waals surface area (Å²) in [6, 6.07) is 28.3. The third-order valence-electron chi connectivity index (χ3n) is 6.57. The summed E-state index contributed by atoms with van der Waals surface area (Å²) in [5.41, 5.74) is 2.24. The average Bonchev–Trinajstić information content (AvgIpc) is 3.05. The highest BCUT2D eigenvalue weighted by atomic mass is 32.2. The first-order valence-corrected chi connectivity index (χ1v) is 14.8. The summed E-state index contributed by atoms with van der Waals surface area (Å²) in [6.07, 6.45) is 1.57. The number of benzene rings is 4. The fourth-order valence-corrected chi connectivity index (χ4v) is 5.19. The fraction of sp³-hybridized carbons (Fsp3) is 0.147. The lowest BCUT2D eigenvalue weighted by Crippen LogP contribution is -2.30. The summed E-state index contributed by atoms with van der Waals surface area (Å²) in [7, 11) is 1.54. The zero-order valence-corrected chi connectivity index (χ0v) is 25.0. The van der Waals surface area contributed by atoms with Crippen LogP contribution in [0.1, 0.15) is 22.8 Å². The summed E-state index contributed by atoms with van der Waals surface area (Å²) >= 11 is 1.38. The lowest BCUT2D eigenvalue weighted by atomic mass is 10.1. The second-order valence-corrected chi connectivity index (χ2v) is 11.1. The minimum absolute atomic E-state index is 0.0474. The highest BCUT2D eigenvalue weighted by molar-refractivity contribution is 8.00. The van der Waals surface area contributed by atoms with Crippen LogP contribution in [0.15, 0.2) is 108 Å². The largest absolute Gasteiger partial charge is 0.496 e. The Morgan fingerprint density at radius 3 is 2.25 bits per heavy atom. The number of methoxy groups -OCH3 is 1. The van der Waals surface area contributed by atoms with Gasteiger partial charge in [0.1, 0.15) is 24.7 Å². The molecule has 0 saturated heterocycles. The third kappa shape index (κ3) is 7.78. The number of para-hydroxylation sites is 1. The Bertz CT molecular complexity index is 1670. The fourth-order valence-electron chi connectivity index (χ4n) is 4.32. The molecular formula is C34H31N3O6S. The first-order chi connectivity index (χ1) is 21.4. The van der Waals surface area contributed by atoms with Crippen molar-refractivity contribution < 1.29 is 28.6 Å². The molecule has 0 spiro atoms. The van der Waals surface area contributed by atoms with Crippen molar-refractivity contribution in [2.75, 3.05) is 31.0 Å². The lowest BCUT2D eigenvalue weighted by Gasteiger charge is -2.19. The number of ether oxygens (including phenoxy) is 3. The molecule has 0 aromatic heterocycles. The van der Waals surface area contributed by atoms with Crippen molar-refractivity contribution in [2.45, 2.75) is 17.1 Å². The molecule has 0 bridgehead atoms. The normalized spacial score (nSPS) is 12.9. The van der Waals surface area contributed by atoms with E-state index in [0.717, 1.165) is 4.90 Å². The standard InChI is InChI=1S/C34H31N3O6S/c1-22(32(38)36-26-14-17-30-31(21-26)43-19-18-42-30)44-27-15-12-25(13-16-27)35-34(40)28(20-24-10-6-7-11-29(24)41-2)37-33(39)23-8-4-3-5-9-23/h3-17,20-22H,18-19H2,1-2H3,(H,35,40)(H,36,38)(H,37,39)/b28-20-. The number of amides is 3. The van der Waals surface area contributed by atoms with E-state index in [-0.39, 0.29) is 11.6 Å². The number of anilines is 2. The molecule has 1 aliphatic rings. The van der Waals surface area contributed by atoms with Gasteiger partial charge in [-0.15, -0.1) is 11.8 Å². The molecule has 0 saturated carbocycles. The van der Waals surface area contributed by atoms with Gasteiger partial charge in [0.15, 0.2) is 11.5 Å². The van der Waals surface area contributed by atoms with Crippen molar-refractivity contribution in [1.82, 2.24) is 5.32 Å². The van der Waals surface area contributed by atoms with Crippen molar-refractivity contribution in [3.63, 3.8) is 0 Å². The molecule has 1 atom stereocenters. The van der Waals surface area contributed by atoms with Gasteiger partial charge in [-0.05, 0) is 67.6 Å². The molecule has 9 nitrogen and oxygen atoms in total.